The van der Waals surface area contributed by atoms with Crippen LogP contribution in [0.25, 0.3) is 0 Å². The van der Waals surface area contributed by atoms with E-state index in [1.165, 1.54) is 10.4 Å². The van der Waals surface area contributed by atoms with Crippen LogP contribution in [0.2, 0.25) is 0 Å². The Hall–Kier alpha value is -1.75. The predicted octanol–water partition coefficient (Wildman–Crippen LogP) is 1.78. The van der Waals surface area contributed by atoms with Crippen molar-refractivity contribution in [2.75, 3.05) is 13.1 Å². The molecule has 1 atom stereocenters. The van der Waals surface area contributed by atoms with Gasteiger partial charge in [0.25, 0.3) is 0 Å². The molecule has 0 bridgehead atoms. The Kier molecular flexibility index (Phi) is 5.24. The first-order valence-electron chi connectivity index (χ1n) is 7.13. The highest BCUT2D eigenvalue weighted by atomic mass is 15.6. The Balaban J connectivity index is 2.03. The summed E-state index contributed by atoms with van der Waals surface area (Å²) in [7, 11) is 1.80. The van der Waals surface area contributed by atoms with Crippen molar-refractivity contribution in [1.82, 2.24) is 25.5 Å². The molecule has 5 nitrogen and oxygen atoms in total. The standard InChI is InChI=1S/C15H23N5/c1-12(2)10-16-11-14(13-7-5-4-6-8-13)9-15-17-19-20(3)18-15/h4-8,12,14,16H,9-11H2,1-3H3. The molecule has 1 unspecified atom stereocenters. The largest absolute Gasteiger partial charge is 0.316 e. The molecule has 0 aliphatic rings. The summed E-state index contributed by atoms with van der Waals surface area (Å²) in [4.78, 5) is 1.51. The fourth-order valence-electron chi connectivity index (χ4n) is 2.20. The number of aromatic nitrogens is 4. The van der Waals surface area contributed by atoms with Crippen LogP contribution >= 0.6 is 0 Å². The number of rotatable bonds is 7. The summed E-state index contributed by atoms with van der Waals surface area (Å²) in [6.45, 7) is 6.39. The average Bonchev–Trinajstić information content (AvgIpc) is 2.84. The lowest BCUT2D eigenvalue weighted by atomic mass is 9.95. The summed E-state index contributed by atoms with van der Waals surface area (Å²) in [6.07, 6.45) is 0.808. The maximum absolute atomic E-state index is 4.29. The molecule has 1 aromatic carbocycles. The molecular formula is C15H23N5. The summed E-state index contributed by atoms with van der Waals surface area (Å²) in [5.74, 6) is 1.83. The van der Waals surface area contributed by atoms with Crippen molar-refractivity contribution in [3.8, 4) is 0 Å². The minimum absolute atomic E-state index is 0.374. The zero-order valence-electron chi connectivity index (χ0n) is 12.5. The SMILES string of the molecule is CC(C)CNCC(Cc1nnn(C)n1)c1ccccc1. The van der Waals surface area contributed by atoms with Gasteiger partial charge in [-0.2, -0.15) is 4.80 Å². The number of tetrazole rings is 1. The highest BCUT2D eigenvalue weighted by Gasteiger charge is 2.15. The molecule has 2 rings (SSSR count). The predicted molar refractivity (Wildman–Crippen MR) is 79.4 cm³/mol. The monoisotopic (exact) mass is 273 g/mol. The average molecular weight is 273 g/mol. The first-order chi connectivity index (χ1) is 9.65. The van der Waals surface area contributed by atoms with E-state index in [9.17, 15) is 0 Å². The lowest BCUT2D eigenvalue weighted by molar-refractivity contribution is 0.509. The lowest BCUT2D eigenvalue weighted by Crippen LogP contribution is -2.26. The molecule has 0 fully saturated rings. The molecule has 0 saturated carbocycles. The second kappa shape index (κ2) is 7.14. The lowest BCUT2D eigenvalue weighted by Gasteiger charge is -2.17. The molecule has 1 N–H and O–H groups in total. The van der Waals surface area contributed by atoms with Gasteiger partial charge in [0.15, 0.2) is 5.82 Å². The van der Waals surface area contributed by atoms with E-state index in [1.807, 2.05) is 6.07 Å². The van der Waals surface area contributed by atoms with Crippen LogP contribution < -0.4 is 5.32 Å². The van der Waals surface area contributed by atoms with Crippen LogP contribution in [0.5, 0.6) is 0 Å². The van der Waals surface area contributed by atoms with Gasteiger partial charge in [0.2, 0.25) is 0 Å². The quantitative estimate of drug-likeness (QED) is 0.835. The summed E-state index contributed by atoms with van der Waals surface area (Å²) < 4.78 is 0. The van der Waals surface area contributed by atoms with E-state index in [-0.39, 0.29) is 0 Å². The number of nitrogens with zero attached hydrogens (tertiary/aromatic N) is 4. The van der Waals surface area contributed by atoms with E-state index >= 15 is 0 Å². The van der Waals surface area contributed by atoms with Gasteiger partial charge < -0.3 is 5.32 Å². The first-order valence-corrected chi connectivity index (χ1v) is 7.13. The molecule has 1 heterocycles. The van der Waals surface area contributed by atoms with Crippen LogP contribution in [0.1, 0.15) is 31.2 Å². The number of hydrogen-bond acceptors (Lipinski definition) is 4. The number of aryl methyl sites for hydroxylation is 1. The smallest absolute Gasteiger partial charge is 0.175 e. The topological polar surface area (TPSA) is 55.6 Å². The maximum Gasteiger partial charge on any atom is 0.175 e. The van der Waals surface area contributed by atoms with Crippen molar-refractivity contribution < 1.29 is 0 Å². The van der Waals surface area contributed by atoms with Crippen LogP contribution in [0, 0.1) is 5.92 Å². The van der Waals surface area contributed by atoms with Gasteiger partial charge in [-0.1, -0.05) is 44.2 Å². The molecule has 5 heteroatoms. The fraction of sp³-hybridized carbons (Fsp3) is 0.533. The van der Waals surface area contributed by atoms with Gasteiger partial charge in [-0.3, -0.25) is 0 Å². The number of hydrogen-bond donors (Lipinski definition) is 1. The molecule has 0 aliphatic heterocycles. The minimum atomic E-state index is 0.374. The number of benzene rings is 1. The Morgan fingerprint density at radius 3 is 2.50 bits per heavy atom. The second-order valence-corrected chi connectivity index (χ2v) is 5.56. The zero-order chi connectivity index (χ0) is 14.4. The Labute approximate surface area is 120 Å². The second-order valence-electron chi connectivity index (χ2n) is 5.56. The number of nitrogens with one attached hydrogen (secondary N) is 1. The molecule has 108 valence electrons. The summed E-state index contributed by atoms with van der Waals surface area (Å²) in [5, 5.41) is 15.8. The van der Waals surface area contributed by atoms with Crippen molar-refractivity contribution in [3.63, 3.8) is 0 Å². The molecular weight excluding hydrogens is 250 g/mol. The molecule has 2 aromatic rings. The van der Waals surface area contributed by atoms with Gasteiger partial charge in [-0.15, -0.1) is 10.2 Å². The van der Waals surface area contributed by atoms with Gasteiger partial charge in [-0.25, -0.2) is 0 Å². The summed E-state index contributed by atoms with van der Waals surface area (Å²) >= 11 is 0. The van der Waals surface area contributed by atoms with Gasteiger partial charge in [0.05, 0.1) is 7.05 Å². The van der Waals surface area contributed by atoms with E-state index in [1.54, 1.807) is 7.05 Å². The molecule has 0 radical (unpaired) electrons. The van der Waals surface area contributed by atoms with Gasteiger partial charge >= 0.3 is 0 Å². The van der Waals surface area contributed by atoms with Gasteiger partial charge in [0.1, 0.15) is 0 Å². The first kappa shape index (κ1) is 14.7. The maximum atomic E-state index is 4.29. The third kappa shape index (κ3) is 4.42. The van der Waals surface area contributed by atoms with E-state index in [4.69, 9.17) is 0 Å². The van der Waals surface area contributed by atoms with Crippen molar-refractivity contribution in [2.24, 2.45) is 13.0 Å². The third-order valence-corrected chi connectivity index (χ3v) is 3.19. The van der Waals surface area contributed by atoms with Crippen LogP contribution in [-0.2, 0) is 13.5 Å². The van der Waals surface area contributed by atoms with Crippen LogP contribution in [0.15, 0.2) is 30.3 Å². The Morgan fingerprint density at radius 2 is 1.90 bits per heavy atom. The molecule has 0 amide bonds. The fourth-order valence-corrected chi connectivity index (χ4v) is 2.20. The van der Waals surface area contributed by atoms with Gasteiger partial charge in [0, 0.05) is 18.9 Å². The zero-order valence-corrected chi connectivity index (χ0v) is 12.5. The normalized spacial score (nSPS) is 12.8. The molecule has 1 aromatic heterocycles. The van der Waals surface area contributed by atoms with Gasteiger partial charge in [-0.05, 0) is 23.2 Å². The van der Waals surface area contributed by atoms with Crippen molar-refractivity contribution in [2.45, 2.75) is 26.2 Å². The highest BCUT2D eigenvalue weighted by Crippen LogP contribution is 2.18. The molecule has 0 saturated heterocycles. The summed E-state index contributed by atoms with van der Waals surface area (Å²) in [6, 6.07) is 10.5. The van der Waals surface area contributed by atoms with Crippen LogP contribution in [0.3, 0.4) is 0 Å². The van der Waals surface area contributed by atoms with Crippen LogP contribution in [0.4, 0.5) is 0 Å². The van der Waals surface area contributed by atoms with Crippen molar-refractivity contribution in [1.29, 1.82) is 0 Å². The van der Waals surface area contributed by atoms with Crippen molar-refractivity contribution >= 4 is 0 Å². The minimum Gasteiger partial charge on any atom is -0.316 e. The molecule has 20 heavy (non-hydrogen) atoms. The van der Waals surface area contributed by atoms with E-state index < -0.39 is 0 Å². The van der Waals surface area contributed by atoms with Crippen molar-refractivity contribution in [3.05, 3.63) is 41.7 Å². The highest BCUT2D eigenvalue weighted by molar-refractivity contribution is 5.21. The Bertz CT molecular complexity index is 506. The molecule has 0 aliphatic carbocycles. The van der Waals surface area contributed by atoms with Crippen LogP contribution in [-0.4, -0.2) is 33.3 Å². The summed E-state index contributed by atoms with van der Waals surface area (Å²) in [5.41, 5.74) is 1.32. The van der Waals surface area contributed by atoms with E-state index in [2.05, 4.69) is 58.8 Å². The Morgan fingerprint density at radius 1 is 1.15 bits per heavy atom. The van der Waals surface area contributed by atoms with E-state index in [0.29, 0.717) is 11.8 Å². The third-order valence-electron chi connectivity index (χ3n) is 3.19. The van der Waals surface area contributed by atoms with E-state index in [0.717, 1.165) is 25.3 Å². The molecule has 0 spiro atoms.